The van der Waals surface area contributed by atoms with Crippen molar-refractivity contribution in [3.63, 3.8) is 0 Å². The molecule has 0 bridgehead atoms. The molecular weight excluding hydrogens is 316 g/mol. The lowest BCUT2D eigenvalue weighted by Gasteiger charge is -1.99. The number of allylic oxidation sites excluding steroid dienone is 1. The third-order valence-corrected chi connectivity index (χ3v) is 2.37. The second-order valence-corrected chi connectivity index (χ2v) is 4.57. The van der Waals surface area contributed by atoms with E-state index in [0.717, 1.165) is 6.08 Å². The monoisotopic (exact) mass is 342 g/mol. The first-order valence-corrected chi connectivity index (χ1v) is 7.29. The molecule has 0 spiro atoms. The van der Waals surface area contributed by atoms with Crippen LogP contribution in [0.5, 0.6) is 0 Å². The van der Waals surface area contributed by atoms with Crippen LogP contribution in [-0.2, 0) is 28.6 Å². The normalized spacial score (nSPS) is 14.7. The molecule has 1 aliphatic heterocycles. The smallest absolute Gasteiger partial charge is 0.333 e. The number of hydrogen-bond acceptors (Lipinski definition) is 6. The van der Waals surface area contributed by atoms with Crippen molar-refractivity contribution in [2.45, 2.75) is 33.8 Å². The highest BCUT2D eigenvalue weighted by atomic mass is 16.6. The van der Waals surface area contributed by atoms with Crippen molar-refractivity contribution in [3.8, 4) is 0 Å². The number of ether oxygens (including phenoxy) is 3. The maximum atomic E-state index is 10.7. The number of carbonyl (C=O) groups is 3. The minimum atomic E-state index is -0.845. The molecule has 1 rings (SSSR count). The van der Waals surface area contributed by atoms with E-state index in [1.807, 2.05) is 0 Å². The average molecular weight is 342 g/mol. The van der Waals surface area contributed by atoms with Crippen molar-refractivity contribution < 1.29 is 33.7 Å². The third kappa shape index (κ3) is 16.0. The topological polar surface area (TPSA) is 102 Å². The Morgan fingerprint density at radius 1 is 1.29 bits per heavy atom. The number of aliphatic carboxylic acids is 1. The highest BCUT2D eigenvalue weighted by Gasteiger charge is 2.24. The fraction of sp³-hybridized carbons (Fsp3) is 0.471. The highest BCUT2D eigenvalue weighted by Crippen LogP contribution is 2.09. The zero-order chi connectivity index (χ0) is 19.1. The molecular formula is C17H26O7. The van der Waals surface area contributed by atoms with Gasteiger partial charge in [-0.1, -0.05) is 19.2 Å². The summed E-state index contributed by atoms with van der Waals surface area (Å²) in [6.07, 6.45) is 2.84. The fourth-order valence-electron chi connectivity index (χ4n) is 0.781. The van der Waals surface area contributed by atoms with Gasteiger partial charge in [-0.2, -0.15) is 0 Å². The molecule has 0 aromatic rings. The Hall–Kier alpha value is -2.41. The SMILES string of the molecule is C/C=C(\C)C(=O)O.C=C(C)C(=O)OCC1CO1.C=CC(=O)OCC. The molecule has 1 aliphatic rings. The van der Waals surface area contributed by atoms with Gasteiger partial charge in [-0.25, -0.2) is 14.4 Å². The lowest BCUT2D eigenvalue weighted by molar-refractivity contribution is -0.139. The van der Waals surface area contributed by atoms with Gasteiger partial charge in [0.25, 0.3) is 0 Å². The van der Waals surface area contributed by atoms with Crippen LogP contribution >= 0.6 is 0 Å². The van der Waals surface area contributed by atoms with Gasteiger partial charge in [0, 0.05) is 17.2 Å². The number of carbonyl (C=O) groups excluding carboxylic acids is 2. The van der Waals surface area contributed by atoms with Crippen LogP contribution < -0.4 is 0 Å². The van der Waals surface area contributed by atoms with Crippen LogP contribution in [0.3, 0.4) is 0 Å². The van der Waals surface area contributed by atoms with Crippen LogP contribution in [0.1, 0.15) is 27.7 Å². The molecule has 0 radical (unpaired) electrons. The van der Waals surface area contributed by atoms with Crippen LogP contribution in [0, 0.1) is 0 Å². The summed E-state index contributed by atoms with van der Waals surface area (Å²) in [6.45, 7) is 14.8. The Bertz CT molecular complexity index is 473. The molecule has 136 valence electrons. The number of epoxide rings is 1. The van der Waals surface area contributed by atoms with Crippen molar-refractivity contribution in [1.29, 1.82) is 0 Å². The van der Waals surface area contributed by atoms with E-state index >= 15 is 0 Å². The molecule has 24 heavy (non-hydrogen) atoms. The van der Waals surface area contributed by atoms with Gasteiger partial charge in [0.05, 0.1) is 13.2 Å². The molecule has 1 saturated heterocycles. The lowest BCUT2D eigenvalue weighted by Crippen LogP contribution is -2.09. The second kappa shape index (κ2) is 14.2. The molecule has 1 fully saturated rings. The zero-order valence-corrected chi connectivity index (χ0v) is 14.7. The maximum absolute atomic E-state index is 10.7. The Kier molecular flexibility index (Phi) is 14.1. The predicted molar refractivity (Wildman–Crippen MR) is 89.4 cm³/mol. The molecule has 0 aliphatic carbocycles. The van der Waals surface area contributed by atoms with Gasteiger partial charge in [0.2, 0.25) is 0 Å². The van der Waals surface area contributed by atoms with Gasteiger partial charge in [0.15, 0.2) is 0 Å². The second-order valence-electron chi connectivity index (χ2n) is 4.57. The Morgan fingerprint density at radius 3 is 2.04 bits per heavy atom. The fourth-order valence-corrected chi connectivity index (χ4v) is 0.781. The molecule has 0 saturated carbocycles. The number of rotatable bonds is 6. The summed E-state index contributed by atoms with van der Waals surface area (Å²) in [5.41, 5.74) is 0.820. The van der Waals surface area contributed by atoms with E-state index in [4.69, 9.17) is 14.6 Å². The summed E-state index contributed by atoms with van der Waals surface area (Å²) in [7, 11) is 0. The van der Waals surface area contributed by atoms with Gasteiger partial charge in [0.1, 0.15) is 12.7 Å². The summed E-state index contributed by atoms with van der Waals surface area (Å²) < 4.78 is 14.0. The molecule has 0 aromatic carbocycles. The molecule has 0 amide bonds. The summed E-state index contributed by atoms with van der Waals surface area (Å²) in [5.74, 6) is -1.54. The van der Waals surface area contributed by atoms with Gasteiger partial charge >= 0.3 is 17.9 Å². The van der Waals surface area contributed by atoms with Gasteiger partial charge in [-0.05, 0) is 27.7 Å². The van der Waals surface area contributed by atoms with E-state index in [-0.39, 0.29) is 18.0 Å². The van der Waals surface area contributed by atoms with Crippen molar-refractivity contribution >= 4 is 17.9 Å². The van der Waals surface area contributed by atoms with Crippen molar-refractivity contribution in [2.24, 2.45) is 0 Å². The van der Waals surface area contributed by atoms with E-state index in [9.17, 15) is 14.4 Å². The predicted octanol–water partition coefficient (Wildman–Crippen LogP) is 2.28. The summed E-state index contributed by atoms with van der Waals surface area (Å²) in [5, 5.41) is 8.11. The Balaban J connectivity index is 0. The molecule has 1 unspecified atom stereocenters. The molecule has 7 heteroatoms. The van der Waals surface area contributed by atoms with Gasteiger partial charge < -0.3 is 19.3 Å². The van der Waals surface area contributed by atoms with Crippen molar-refractivity contribution in [1.82, 2.24) is 0 Å². The zero-order valence-electron chi connectivity index (χ0n) is 14.7. The van der Waals surface area contributed by atoms with Crippen LogP contribution in [0.4, 0.5) is 0 Å². The first-order valence-electron chi connectivity index (χ1n) is 7.29. The molecule has 0 aromatic heterocycles. The van der Waals surface area contributed by atoms with E-state index in [1.165, 1.54) is 0 Å². The highest BCUT2D eigenvalue weighted by molar-refractivity contribution is 5.87. The van der Waals surface area contributed by atoms with Crippen LogP contribution in [-0.4, -0.2) is 48.9 Å². The number of esters is 2. The minimum absolute atomic E-state index is 0.142. The van der Waals surface area contributed by atoms with Crippen LogP contribution in [0.2, 0.25) is 0 Å². The minimum Gasteiger partial charge on any atom is -0.478 e. The molecule has 1 N–H and O–H groups in total. The third-order valence-electron chi connectivity index (χ3n) is 2.37. The standard InChI is InChI=1S/C7H10O3.2C5H8O2/c1-5(2)7(8)10-4-6-3-9-6;1-3-5(6)7-4-2;1-3-4(2)5(6)7/h6H,1,3-4H2,2H3;3H,1,4H2,2H3;3H,1-2H3,(H,6,7)/b;;4-3+. The van der Waals surface area contributed by atoms with Crippen molar-refractivity contribution in [3.05, 3.63) is 36.5 Å². The van der Waals surface area contributed by atoms with E-state index in [0.29, 0.717) is 31.0 Å². The first kappa shape index (κ1) is 23.9. The summed E-state index contributed by atoms with van der Waals surface area (Å²) >= 11 is 0. The molecule has 7 nitrogen and oxygen atoms in total. The van der Waals surface area contributed by atoms with Crippen LogP contribution in [0.25, 0.3) is 0 Å². The molecule has 1 atom stereocenters. The average Bonchev–Trinajstić information content (AvgIpc) is 3.37. The number of hydrogen-bond donors (Lipinski definition) is 1. The van der Waals surface area contributed by atoms with E-state index in [2.05, 4.69) is 17.9 Å². The number of carboxylic acids is 1. The van der Waals surface area contributed by atoms with Crippen LogP contribution in [0.15, 0.2) is 36.5 Å². The summed E-state index contributed by atoms with van der Waals surface area (Å²) in [4.78, 5) is 30.6. The number of carboxylic acid groups (broad SMARTS) is 1. The first-order chi connectivity index (χ1) is 11.2. The Morgan fingerprint density at radius 2 is 1.83 bits per heavy atom. The van der Waals surface area contributed by atoms with E-state index in [1.54, 1.807) is 33.8 Å². The largest absolute Gasteiger partial charge is 0.478 e. The van der Waals surface area contributed by atoms with Crippen molar-refractivity contribution in [2.75, 3.05) is 19.8 Å². The van der Waals surface area contributed by atoms with Gasteiger partial charge in [-0.3, -0.25) is 0 Å². The maximum Gasteiger partial charge on any atom is 0.333 e. The Labute approximate surface area is 142 Å². The van der Waals surface area contributed by atoms with E-state index < -0.39 is 5.97 Å². The van der Waals surface area contributed by atoms with Gasteiger partial charge in [-0.15, -0.1) is 0 Å². The lowest BCUT2D eigenvalue weighted by atomic mass is 10.3. The molecule has 1 heterocycles. The summed E-state index contributed by atoms with van der Waals surface area (Å²) in [6, 6.07) is 0. The quantitative estimate of drug-likeness (QED) is 0.449.